The Bertz CT molecular complexity index is 750. The molecule has 6 nitrogen and oxygen atoms in total. The van der Waals surface area contributed by atoms with E-state index in [2.05, 4.69) is 15.7 Å². The molecule has 0 unspecified atom stereocenters. The highest BCUT2D eigenvalue weighted by Gasteiger charge is 2.20. The predicted octanol–water partition coefficient (Wildman–Crippen LogP) is 3.08. The molecule has 2 N–H and O–H groups in total. The Labute approximate surface area is 152 Å². The lowest BCUT2D eigenvalue weighted by Gasteiger charge is -2.17. The molecule has 0 aliphatic rings. The van der Waals surface area contributed by atoms with Gasteiger partial charge in [0.1, 0.15) is 5.82 Å². The highest BCUT2D eigenvalue weighted by Crippen LogP contribution is 2.18. The molecule has 0 saturated carbocycles. The maximum absolute atomic E-state index is 12.1. The van der Waals surface area contributed by atoms with Crippen LogP contribution in [0.4, 0.5) is 5.82 Å². The van der Waals surface area contributed by atoms with Gasteiger partial charge >= 0.3 is 0 Å². The van der Waals surface area contributed by atoms with Gasteiger partial charge in [-0.3, -0.25) is 9.59 Å². The van der Waals surface area contributed by atoms with Crippen LogP contribution >= 0.6 is 11.6 Å². The Morgan fingerprint density at radius 2 is 1.92 bits per heavy atom. The van der Waals surface area contributed by atoms with E-state index in [1.165, 1.54) is 0 Å². The summed E-state index contributed by atoms with van der Waals surface area (Å²) >= 11 is 6.17. The van der Waals surface area contributed by atoms with Gasteiger partial charge in [0.05, 0.1) is 12.7 Å². The lowest BCUT2D eigenvalue weighted by molar-refractivity contribution is -0.128. The van der Waals surface area contributed by atoms with Crippen LogP contribution in [0.1, 0.15) is 32.8 Å². The summed E-state index contributed by atoms with van der Waals surface area (Å²) in [7, 11) is 0. The maximum atomic E-state index is 12.1. The number of hydrogen-bond acceptors (Lipinski definition) is 3. The Morgan fingerprint density at radius 3 is 2.60 bits per heavy atom. The second-order valence-electron chi connectivity index (χ2n) is 6.77. The molecule has 0 spiro atoms. The number of carbonyl (C=O) groups excluding carboxylic acids is 2. The number of carbonyl (C=O) groups is 2. The van der Waals surface area contributed by atoms with Gasteiger partial charge < -0.3 is 10.6 Å². The molecule has 134 valence electrons. The van der Waals surface area contributed by atoms with Gasteiger partial charge in [0.15, 0.2) is 0 Å². The highest BCUT2D eigenvalue weighted by atomic mass is 35.5. The number of rotatable bonds is 6. The van der Waals surface area contributed by atoms with Crippen molar-refractivity contribution >= 4 is 29.2 Å². The van der Waals surface area contributed by atoms with Crippen LogP contribution < -0.4 is 10.6 Å². The van der Waals surface area contributed by atoms with Crippen LogP contribution in [0.25, 0.3) is 0 Å². The number of halogens is 1. The molecule has 0 aliphatic carbocycles. The first-order valence-electron chi connectivity index (χ1n) is 8.11. The van der Waals surface area contributed by atoms with Crippen molar-refractivity contribution in [2.45, 2.75) is 33.7 Å². The summed E-state index contributed by atoms with van der Waals surface area (Å²) in [6, 6.07) is 9.22. The van der Waals surface area contributed by atoms with E-state index in [4.69, 9.17) is 11.6 Å². The second-order valence-corrected chi connectivity index (χ2v) is 7.18. The quantitative estimate of drug-likeness (QED) is 0.829. The van der Waals surface area contributed by atoms with Crippen molar-refractivity contribution in [2.24, 2.45) is 5.41 Å². The first kappa shape index (κ1) is 19.0. The monoisotopic (exact) mass is 362 g/mol. The molecular weight excluding hydrogens is 340 g/mol. The Hall–Kier alpha value is -2.34. The van der Waals surface area contributed by atoms with E-state index < -0.39 is 5.41 Å². The van der Waals surface area contributed by atoms with Crippen LogP contribution in [0.5, 0.6) is 0 Å². The number of hydrogen-bond donors (Lipinski definition) is 2. The minimum atomic E-state index is -0.468. The molecule has 1 heterocycles. The van der Waals surface area contributed by atoms with Crippen molar-refractivity contribution in [1.82, 2.24) is 15.1 Å². The summed E-state index contributed by atoms with van der Waals surface area (Å²) in [6.45, 7) is 6.24. The number of nitrogens with one attached hydrogen (secondary N) is 2. The average molecular weight is 363 g/mol. The summed E-state index contributed by atoms with van der Waals surface area (Å²) < 4.78 is 1.67. The first-order valence-corrected chi connectivity index (χ1v) is 8.48. The molecule has 2 amide bonds. The average Bonchev–Trinajstić information content (AvgIpc) is 2.95. The fourth-order valence-electron chi connectivity index (χ4n) is 2.11. The van der Waals surface area contributed by atoms with E-state index in [1.54, 1.807) is 16.9 Å². The molecule has 25 heavy (non-hydrogen) atoms. The van der Waals surface area contributed by atoms with Crippen molar-refractivity contribution in [3.63, 3.8) is 0 Å². The minimum absolute atomic E-state index is 0.0796. The van der Waals surface area contributed by atoms with Crippen molar-refractivity contribution in [3.05, 3.63) is 47.1 Å². The summed E-state index contributed by atoms with van der Waals surface area (Å²) in [6.07, 6.45) is 1.81. The standard InChI is InChI=1S/C18H23ClN4O2/c1-18(2,3)17(25)20-10-9-16(24)22-15-8-11-21-23(15)12-13-6-4-5-7-14(13)19/h4-8,11H,9-10,12H2,1-3H3,(H,20,25)(H,22,24). The van der Waals surface area contributed by atoms with Crippen LogP contribution in [0.2, 0.25) is 5.02 Å². The van der Waals surface area contributed by atoms with Crippen molar-refractivity contribution in [1.29, 1.82) is 0 Å². The largest absolute Gasteiger partial charge is 0.355 e. The first-order chi connectivity index (χ1) is 11.8. The predicted molar refractivity (Wildman–Crippen MR) is 98.5 cm³/mol. The normalized spacial score (nSPS) is 11.2. The maximum Gasteiger partial charge on any atom is 0.227 e. The van der Waals surface area contributed by atoms with Crippen LogP contribution in [0.15, 0.2) is 36.5 Å². The molecule has 0 fully saturated rings. The van der Waals surface area contributed by atoms with Gasteiger partial charge in [-0.1, -0.05) is 50.6 Å². The second kappa shape index (κ2) is 8.16. The van der Waals surface area contributed by atoms with Gasteiger partial charge in [0, 0.05) is 29.5 Å². The summed E-state index contributed by atoms with van der Waals surface area (Å²) in [4.78, 5) is 23.9. The molecule has 1 aromatic heterocycles. The van der Waals surface area contributed by atoms with E-state index in [9.17, 15) is 9.59 Å². The van der Waals surface area contributed by atoms with Crippen LogP contribution in [0.3, 0.4) is 0 Å². The zero-order valence-corrected chi connectivity index (χ0v) is 15.4. The van der Waals surface area contributed by atoms with E-state index in [0.29, 0.717) is 23.9 Å². The van der Waals surface area contributed by atoms with E-state index >= 15 is 0 Å². The zero-order chi connectivity index (χ0) is 18.4. The van der Waals surface area contributed by atoms with Crippen molar-refractivity contribution in [3.8, 4) is 0 Å². The van der Waals surface area contributed by atoms with E-state index in [-0.39, 0.29) is 18.2 Å². The molecule has 2 rings (SSSR count). The lowest BCUT2D eigenvalue weighted by Crippen LogP contribution is -2.36. The van der Waals surface area contributed by atoms with Gasteiger partial charge in [-0.15, -0.1) is 0 Å². The molecule has 0 bridgehead atoms. The van der Waals surface area contributed by atoms with Gasteiger partial charge in [-0.25, -0.2) is 4.68 Å². The highest BCUT2D eigenvalue weighted by molar-refractivity contribution is 6.31. The Morgan fingerprint density at radius 1 is 1.20 bits per heavy atom. The number of aromatic nitrogens is 2. The number of benzene rings is 1. The van der Waals surface area contributed by atoms with Crippen LogP contribution in [0, 0.1) is 5.41 Å². The van der Waals surface area contributed by atoms with Crippen molar-refractivity contribution in [2.75, 3.05) is 11.9 Å². The topological polar surface area (TPSA) is 76.0 Å². The third-order valence-corrected chi connectivity index (χ3v) is 3.95. The van der Waals surface area contributed by atoms with Crippen molar-refractivity contribution < 1.29 is 9.59 Å². The van der Waals surface area contributed by atoms with Crippen LogP contribution in [-0.4, -0.2) is 28.1 Å². The number of nitrogens with zero attached hydrogens (tertiary/aromatic N) is 2. The van der Waals surface area contributed by atoms with Gasteiger partial charge in [-0.2, -0.15) is 5.10 Å². The SMILES string of the molecule is CC(C)(C)C(=O)NCCC(=O)Nc1ccnn1Cc1ccccc1Cl. The number of amides is 2. The van der Waals surface area contributed by atoms with Crippen LogP contribution in [-0.2, 0) is 16.1 Å². The summed E-state index contributed by atoms with van der Waals surface area (Å²) in [5.74, 6) is 0.325. The third-order valence-electron chi connectivity index (χ3n) is 3.58. The molecule has 0 aliphatic heterocycles. The Balaban J connectivity index is 1.89. The fourth-order valence-corrected chi connectivity index (χ4v) is 2.31. The smallest absolute Gasteiger partial charge is 0.227 e. The molecule has 0 saturated heterocycles. The molecule has 0 radical (unpaired) electrons. The van der Waals surface area contributed by atoms with E-state index in [1.807, 2.05) is 45.0 Å². The minimum Gasteiger partial charge on any atom is -0.355 e. The third kappa shape index (κ3) is 5.60. The molecule has 7 heteroatoms. The Kier molecular flexibility index (Phi) is 6.20. The molecular formula is C18H23ClN4O2. The molecule has 1 aromatic carbocycles. The van der Waals surface area contributed by atoms with Gasteiger partial charge in [0.2, 0.25) is 11.8 Å². The fraction of sp³-hybridized carbons (Fsp3) is 0.389. The lowest BCUT2D eigenvalue weighted by atomic mass is 9.96. The molecule has 2 aromatic rings. The van der Waals surface area contributed by atoms with Gasteiger partial charge in [-0.05, 0) is 11.6 Å². The van der Waals surface area contributed by atoms with Gasteiger partial charge in [0.25, 0.3) is 0 Å². The zero-order valence-electron chi connectivity index (χ0n) is 14.7. The number of anilines is 1. The summed E-state index contributed by atoms with van der Waals surface area (Å²) in [5, 5.41) is 10.4. The summed E-state index contributed by atoms with van der Waals surface area (Å²) in [5.41, 5.74) is 0.449. The van der Waals surface area contributed by atoms with E-state index in [0.717, 1.165) is 5.56 Å². The molecule has 0 atom stereocenters.